The fraction of sp³-hybridized carbons (Fsp3) is 0.321. The third-order valence-electron chi connectivity index (χ3n) is 6.54. The lowest BCUT2D eigenvalue weighted by Crippen LogP contribution is -2.18. The lowest BCUT2D eigenvalue weighted by atomic mass is 9.93. The average molecular weight is 526 g/mol. The van der Waals surface area contributed by atoms with Gasteiger partial charge in [-0.3, -0.25) is 9.78 Å². The van der Waals surface area contributed by atoms with Gasteiger partial charge in [-0.1, -0.05) is 36.8 Å². The molecule has 0 saturated heterocycles. The molecule has 11 nitrogen and oxygen atoms in total. The Morgan fingerprint density at radius 2 is 1.85 bits per heavy atom. The third-order valence-corrected chi connectivity index (χ3v) is 6.54. The molecule has 0 saturated carbocycles. The number of benzene rings is 1. The van der Waals surface area contributed by atoms with Gasteiger partial charge in [-0.05, 0) is 62.1 Å². The molecule has 3 heterocycles. The molecule has 39 heavy (non-hydrogen) atoms. The smallest absolute Gasteiger partial charge is 0.306 e. The molecule has 11 heteroatoms. The van der Waals surface area contributed by atoms with Crippen molar-refractivity contribution < 1.29 is 9.90 Å². The molecule has 0 aliphatic heterocycles. The standard InChI is InChI=1S/C28H31N9O2/c1-18(5-2-7-20(11-12-29)27(38)39)23-10-4-9-22(32-23)16-37-17-26(35-36-37)25-14-24(33-28(31)34-25)21-8-3-6-19(13-21)15-30/h3-4,6,8-10,13-14,17-18,20H,2,5,7,11-12,16,29H2,1H3,(H,38,39)(H2,31,33,34)/t18-,20?/m1/s1. The number of nitriles is 1. The monoisotopic (exact) mass is 525 g/mol. The van der Waals surface area contributed by atoms with Crippen molar-refractivity contribution in [3.63, 3.8) is 0 Å². The Kier molecular flexibility index (Phi) is 8.91. The first-order chi connectivity index (χ1) is 18.9. The molecule has 0 amide bonds. The molecular formula is C28H31N9O2. The van der Waals surface area contributed by atoms with Gasteiger partial charge in [0.2, 0.25) is 5.95 Å². The van der Waals surface area contributed by atoms with Crippen LogP contribution in [-0.4, -0.2) is 47.6 Å². The van der Waals surface area contributed by atoms with Crippen molar-refractivity contribution in [2.45, 2.75) is 45.1 Å². The molecule has 2 atom stereocenters. The Labute approximate surface area is 226 Å². The van der Waals surface area contributed by atoms with Crippen LogP contribution in [0.2, 0.25) is 0 Å². The van der Waals surface area contributed by atoms with Crippen molar-refractivity contribution in [3.8, 4) is 28.7 Å². The second-order valence-corrected chi connectivity index (χ2v) is 9.49. The Morgan fingerprint density at radius 3 is 2.62 bits per heavy atom. The summed E-state index contributed by atoms with van der Waals surface area (Å²) in [6.07, 6.45) is 4.51. The highest BCUT2D eigenvalue weighted by molar-refractivity contribution is 5.70. The summed E-state index contributed by atoms with van der Waals surface area (Å²) < 4.78 is 1.69. The highest BCUT2D eigenvalue weighted by Crippen LogP contribution is 2.25. The van der Waals surface area contributed by atoms with Gasteiger partial charge in [-0.25, -0.2) is 14.6 Å². The molecule has 0 aliphatic rings. The Balaban J connectivity index is 1.44. The van der Waals surface area contributed by atoms with Crippen LogP contribution >= 0.6 is 0 Å². The number of anilines is 1. The van der Waals surface area contributed by atoms with E-state index in [2.05, 4.69) is 33.3 Å². The Morgan fingerprint density at radius 1 is 1.05 bits per heavy atom. The number of pyridine rings is 1. The molecule has 200 valence electrons. The van der Waals surface area contributed by atoms with Gasteiger partial charge in [0.25, 0.3) is 0 Å². The molecule has 0 spiro atoms. The van der Waals surface area contributed by atoms with Crippen LogP contribution in [0.4, 0.5) is 5.95 Å². The largest absolute Gasteiger partial charge is 0.481 e. The summed E-state index contributed by atoms with van der Waals surface area (Å²) >= 11 is 0. The predicted molar refractivity (Wildman–Crippen MR) is 146 cm³/mol. The van der Waals surface area contributed by atoms with Crippen LogP contribution in [-0.2, 0) is 11.3 Å². The van der Waals surface area contributed by atoms with Crippen molar-refractivity contribution in [2.24, 2.45) is 11.7 Å². The first-order valence-electron chi connectivity index (χ1n) is 12.8. The molecule has 1 unspecified atom stereocenters. The topological polar surface area (TPSA) is 183 Å². The second kappa shape index (κ2) is 12.7. The van der Waals surface area contributed by atoms with E-state index in [-0.39, 0.29) is 11.9 Å². The minimum absolute atomic E-state index is 0.0977. The molecule has 0 radical (unpaired) electrons. The fourth-order valence-electron chi connectivity index (χ4n) is 4.42. The molecule has 0 fully saturated rings. The summed E-state index contributed by atoms with van der Waals surface area (Å²) in [6, 6.07) is 16.9. The van der Waals surface area contributed by atoms with Gasteiger partial charge in [0, 0.05) is 11.3 Å². The van der Waals surface area contributed by atoms with Crippen molar-refractivity contribution >= 4 is 11.9 Å². The Hall–Kier alpha value is -4.69. The normalized spacial score (nSPS) is 12.5. The maximum Gasteiger partial charge on any atom is 0.306 e. The molecule has 4 aromatic rings. The summed E-state index contributed by atoms with van der Waals surface area (Å²) in [4.78, 5) is 24.8. The van der Waals surface area contributed by atoms with Gasteiger partial charge in [-0.2, -0.15) is 5.26 Å². The summed E-state index contributed by atoms with van der Waals surface area (Å²) in [7, 11) is 0. The lowest BCUT2D eigenvalue weighted by Gasteiger charge is -2.14. The van der Waals surface area contributed by atoms with Crippen LogP contribution in [0.1, 0.15) is 55.5 Å². The van der Waals surface area contributed by atoms with Crippen molar-refractivity contribution in [1.29, 1.82) is 5.26 Å². The van der Waals surface area contributed by atoms with E-state index in [1.807, 2.05) is 24.3 Å². The zero-order chi connectivity index (χ0) is 27.8. The van der Waals surface area contributed by atoms with Crippen molar-refractivity contribution in [3.05, 3.63) is 71.7 Å². The van der Waals surface area contributed by atoms with E-state index in [0.717, 1.165) is 29.8 Å². The zero-order valence-corrected chi connectivity index (χ0v) is 21.7. The van der Waals surface area contributed by atoms with Gasteiger partial charge in [-0.15, -0.1) is 5.10 Å². The van der Waals surface area contributed by atoms with E-state index in [1.54, 1.807) is 35.1 Å². The van der Waals surface area contributed by atoms with E-state index < -0.39 is 11.9 Å². The molecule has 1 aromatic carbocycles. The molecular weight excluding hydrogens is 494 g/mol. The number of carboxylic acids is 1. The van der Waals surface area contributed by atoms with Crippen LogP contribution in [0.5, 0.6) is 0 Å². The van der Waals surface area contributed by atoms with E-state index in [9.17, 15) is 15.2 Å². The minimum Gasteiger partial charge on any atom is -0.481 e. The first-order valence-corrected chi connectivity index (χ1v) is 12.8. The molecule has 0 bridgehead atoms. The summed E-state index contributed by atoms with van der Waals surface area (Å²) in [5.74, 6) is -0.896. The second-order valence-electron chi connectivity index (χ2n) is 9.49. The van der Waals surface area contributed by atoms with E-state index in [4.69, 9.17) is 16.5 Å². The van der Waals surface area contributed by atoms with Crippen molar-refractivity contribution in [2.75, 3.05) is 12.3 Å². The number of rotatable bonds is 12. The number of nitrogen functional groups attached to an aromatic ring is 1. The third kappa shape index (κ3) is 7.21. The van der Waals surface area contributed by atoms with Crippen LogP contribution in [0.15, 0.2) is 54.7 Å². The molecule has 5 N–H and O–H groups in total. The maximum atomic E-state index is 11.4. The zero-order valence-electron chi connectivity index (χ0n) is 21.7. The number of nitrogens with zero attached hydrogens (tertiary/aromatic N) is 7. The summed E-state index contributed by atoms with van der Waals surface area (Å²) in [5.41, 5.74) is 16.2. The number of hydrogen-bond acceptors (Lipinski definition) is 9. The summed E-state index contributed by atoms with van der Waals surface area (Å²) in [6.45, 7) is 2.90. The summed E-state index contributed by atoms with van der Waals surface area (Å²) in [5, 5.41) is 27.0. The van der Waals surface area contributed by atoms with Gasteiger partial charge >= 0.3 is 5.97 Å². The number of hydrogen-bond donors (Lipinski definition) is 3. The highest BCUT2D eigenvalue weighted by atomic mass is 16.4. The number of aliphatic carboxylic acids is 1. The van der Waals surface area contributed by atoms with Gasteiger partial charge in [0.15, 0.2) is 0 Å². The number of aromatic nitrogens is 6. The number of carbonyl (C=O) groups is 1. The van der Waals surface area contributed by atoms with E-state index >= 15 is 0 Å². The predicted octanol–water partition coefficient (Wildman–Crippen LogP) is 3.62. The van der Waals surface area contributed by atoms with Gasteiger partial charge in [0.05, 0.1) is 47.4 Å². The SMILES string of the molecule is C[C@H](CCCC(CCN)C(=O)O)c1cccc(Cn2cc(-c3cc(-c4cccc(C#N)c4)nc(N)n3)nn2)n1. The maximum absolute atomic E-state index is 11.4. The lowest BCUT2D eigenvalue weighted by molar-refractivity contribution is -0.142. The van der Waals surface area contributed by atoms with Crippen LogP contribution in [0.25, 0.3) is 22.6 Å². The van der Waals surface area contributed by atoms with Gasteiger partial charge in [0.1, 0.15) is 5.69 Å². The molecule has 4 rings (SSSR count). The first kappa shape index (κ1) is 27.3. The number of carboxylic acid groups (broad SMARTS) is 1. The quantitative estimate of drug-likeness (QED) is 0.247. The van der Waals surface area contributed by atoms with Crippen LogP contribution in [0, 0.1) is 17.2 Å². The van der Waals surface area contributed by atoms with Crippen molar-refractivity contribution in [1.82, 2.24) is 29.9 Å². The Bertz CT molecular complexity index is 1480. The van der Waals surface area contributed by atoms with Gasteiger partial charge < -0.3 is 16.6 Å². The fourth-order valence-corrected chi connectivity index (χ4v) is 4.42. The van der Waals surface area contributed by atoms with Crippen LogP contribution in [0.3, 0.4) is 0 Å². The average Bonchev–Trinajstić information content (AvgIpc) is 3.40. The van der Waals surface area contributed by atoms with E-state index in [1.165, 1.54) is 0 Å². The highest BCUT2D eigenvalue weighted by Gasteiger charge is 2.17. The molecule has 3 aromatic heterocycles. The van der Waals surface area contributed by atoms with E-state index in [0.29, 0.717) is 48.6 Å². The molecule has 0 aliphatic carbocycles. The minimum atomic E-state index is -0.783. The van der Waals surface area contributed by atoms with Crippen LogP contribution < -0.4 is 11.5 Å². The number of nitrogens with two attached hydrogens (primary N) is 2.